The summed E-state index contributed by atoms with van der Waals surface area (Å²) in [7, 11) is -3.54. The van der Waals surface area contributed by atoms with E-state index in [-0.39, 0.29) is 32.7 Å². The van der Waals surface area contributed by atoms with E-state index in [0.717, 1.165) is 50.5 Å². The summed E-state index contributed by atoms with van der Waals surface area (Å²) in [5, 5.41) is 3.09. The van der Waals surface area contributed by atoms with E-state index in [1.807, 2.05) is 19.1 Å². The molecule has 1 N–H and O–H groups in total. The van der Waals surface area contributed by atoms with E-state index in [1.165, 1.54) is 19.3 Å². The second-order valence-corrected chi connectivity index (χ2v) is 10.2. The molecule has 6 heteroatoms. The number of aryl methyl sites for hydroxylation is 1. The molecule has 1 saturated carbocycles. The number of carbonyl (C=O) groups is 1. The molecule has 1 aromatic rings. The molecule has 1 saturated heterocycles. The summed E-state index contributed by atoms with van der Waals surface area (Å²) >= 11 is 0. The third kappa shape index (κ3) is 6.55. The predicted octanol–water partition coefficient (Wildman–Crippen LogP) is 5.29. The van der Waals surface area contributed by atoms with E-state index >= 15 is 0 Å². The Hall–Kier alpha value is -1.40. The molecule has 172 valence electrons. The van der Waals surface area contributed by atoms with Gasteiger partial charge in [0.25, 0.3) is 0 Å². The average Bonchev–Trinajstić information content (AvgIpc) is 2.66. The van der Waals surface area contributed by atoms with Gasteiger partial charge in [0.2, 0.25) is 15.9 Å². The Morgan fingerprint density at radius 2 is 1.57 bits per heavy atom. The van der Waals surface area contributed by atoms with Crippen LogP contribution < -0.4 is 5.32 Å². The maximum Gasteiger partial charge on any atom is 0.243 e. The molecule has 1 aliphatic carbocycles. The molecule has 1 amide bonds. The molecule has 0 bridgehead atoms. The highest BCUT2D eigenvalue weighted by molar-refractivity contribution is 7.89. The zero-order valence-corrected chi connectivity index (χ0v) is 17.8. The van der Waals surface area contributed by atoms with E-state index in [2.05, 4.69) is 5.32 Å². The second kappa shape index (κ2) is 12.5. The fraction of sp³-hybridized carbons (Fsp3) is 0.708. The van der Waals surface area contributed by atoms with Gasteiger partial charge in [-0.2, -0.15) is 4.31 Å². The highest BCUT2D eigenvalue weighted by atomic mass is 32.2. The van der Waals surface area contributed by atoms with Crippen molar-refractivity contribution in [2.45, 2.75) is 96.9 Å². The molecule has 0 spiro atoms. The first-order valence-electron chi connectivity index (χ1n) is 10.9. The van der Waals surface area contributed by atoms with Crippen LogP contribution in [0.4, 0.5) is 0 Å². The SMILES string of the molecule is C.C.Cc1ccccc1S(=O)(=O)N1CCCCC1CNC(=O)C1CCCCCCC1. The molecule has 2 fully saturated rings. The first-order chi connectivity index (χ1) is 13.5. The first kappa shape index (κ1) is 26.6. The Kier molecular flexibility index (Phi) is 11.1. The minimum atomic E-state index is -3.54. The summed E-state index contributed by atoms with van der Waals surface area (Å²) in [5.41, 5.74) is 0.769. The number of hydrogen-bond acceptors (Lipinski definition) is 3. The van der Waals surface area contributed by atoms with Gasteiger partial charge in [0.15, 0.2) is 0 Å². The van der Waals surface area contributed by atoms with Crippen molar-refractivity contribution in [3.63, 3.8) is 0 Å². The molecule has 1 atom stereocenters. The lowest BCUT2D eigenvalue weighted by molar-refractivity contribution is -0.125. The number of carbonyl (C=O) groups excluding carboxylic acids is 1. The number of benzene rings is 1. The molecule has 2 aliphatic rings. The Morgan fingerprint density at radius 3 is 2.23 bits per heavy atom. The zero-order valence-electron chi connectivity index (χ0n) is 17.0. The van der Waals surface area contributed by atoms with Crippen LogP contribution in [0.5, 0.6) is 0 Å². The lowest BCUT2D eigenvalue weighted by Gasteiger charge is -2.35. The van der Waals surface area contributed by atoms with Gasteiger partial charge in [-0.25, -0.2) is 8.42 Å². The number of amides is 1. The monoisotopic (exact) mass is 438 g/mol. The van der Waals surface area contributed by atoms with Crippen molar-refractivity contribution >= 4 is 15.9 Å². The summed E-state index contributed by atoms with van der Waals surface area (Å²) in [6.07, 6.45) is 10.6. The molecule has 1 heterocycles. The molecule has 1 aliphatic heterocycles. The van der Waals surface area contributed by atoms with Gasteiger partial charge in [-0.05, 0) is 44.2 Å². The van der Waals surface area contributed by atoms with E-state index in [4.69, 9.17) is 0 Å². The largest absolute Gasteiger partial charge is 0.354 e. The van der Waals surface area contributed by atoms with Gasteiger partial charge in [0, 0.05) is 25.0 Å². The normalized spacial score (nSPS) is 21.4. The molecule has 0 radical (unpaired) electrons. The van der Waals surface area contributed by atoms with Gasteiger partial charge in [-0.1, -0.05) is 71.6 Å². The van der Waals surface area contributed by atoms with Crippen molar-refractivity contribution in [2.24, 2.45) is 5.92 Å². The fourth-order valence-electron chi connectivity index (χ4n) is 4.55. The smallest absolute Gasteiger partial charge is 0.243 e. The van der Waals surface area contributed by atoms with Crippen molar-refractivity contribution in [3.8, 4) is 0 Å². The number of rotatable bonds is 5. The third-order valence-corrected chi connectivity index (χ3v) is 8.35. The van der Waals surface area contributed by atoms with Gasteiger partial charge in [-0.15, -0.1) is 0 Å². The Morgan fingerprint density at radius 1 is 0.967 bits per heavy atom. The summed E-state index contributed by atoms with van der Waals surface area (Å²) < 4.78 is 28.1. The van der Waals surface area contributed by atoms with Crippen LogP contribution in [-0.2, 0) is 14.8 Å². The number of piperidine rings is 1. The average molecular weight is 439 g/mol. The number of sulfonamides is 1. The first-order valence-corrected chi connectivity index (χ1v) is 12.3. The van der Waals surface area contributed by atoms with Crippen LogP contribution in [0, 0.1) is 12.8 Å². The maximum atomic E-state index is 13.3. The van der Waals surface area contributed by atoms with Crippen molar-refractivity contribution in [1.82, 2.24) is 9.62 Å². The molecule has 3 rings (SSSR count). The number of hydrogen-bond donors (Lipinski definition) is 1. The lowest BCUT2D eigenvalue weighted by atomic mass is 9.90. The third-order valence-electron chi connectivity index (χ3n) is 6.24. The minimum absolute atomic E-state index is 0. The number of nitrogens with zero attached hydrogens (tertiary/aromatic N) is 1. The topological polar surface area (TPSA) is 66.5 Å². The fourth-order valence-corrected chi connectivity index (χ4v) is 6.47. The molecular formula is C24H42N2O3S. The standard InChI is InChI=1S/C22H34N2O3S.2CH4/c1-18-11-7-8-15-21(18)28(26,27)24-16-10-9-14-20(24)17-23-22(25)19-12-5-3-2-4-6-13-19;;/h7-8,11,15,19-20H,2-6,9-10,12-14,16-17H2,1H3,(H,23,25);2*1H4. The van der Waals surface area contributed by atoms with Crippen LogP contribution >= 0.6 is 0 Å². The molecular weight excluding hydrogens is 396 g/mol. The Labute approximate surface area is 184 Å². The highest BCUT2D eigenvalue weighted by Gasteiger charge is 2.34. The Balaban J connectivity index is 0.00000225. The summed E-state index contributed by atoms with van der Waals surface area (Å²) in [6.45, 7) is 2.78. The molecule has 1 unspecified atom stereocenters. The van der Waals surface area contributed by atoms with Crippen LogP contribution in [0.3, 0.4) is 0 Å². The summed E-state index contributed by atoms with van der Waals surface area (Å²) in [4.78, 5) is 13.1. The van der Waals surface area contributed by atoms with E-state index in [9.17, 15) is 13.2 Å². The van der Waals surface area contributed by atoms with Crippen molar-refractivity contribution in [3.05, 3.63) is 29.8 Å². The molecule has 5 nitrogen and oxygen atoms in total. The van der Waals surface area contributed by atoms with E-state index in [0.29, 0.717) is 18.0 Å². The minimum Gasteiger partial charge on any atom is -0.354 e. The summed E-state index contributed by atoms with van der Waals surface area (Å²) in [6, 6.07) is 6.99. The van der Waals surface area contributed by atoms with Crippen molar-refractivity contribution in [1.29, 1.82) is 0 Å². The molecule has 30 heavy (non-hydrogen) atoms. The lowest BCUT2D eigenvalue weighted by Crippen LogP contribution is -2.50. The highest BCUT2D eigenvalue weighted by Crippen LogP contribution is 2.27. The molecule has 1 aromatic carbocycles. The van der Waals surface area contributed by atoms with Crippen LogP contribution in [0.25, 0.3) is 0 Å². The number of nitrogens with one attached hydrogen (secondary N) is 1. The second-order valence-electron chi connectivity index (χ2n) is 8.32. The zero-order chi connectivity index (χ0) is 20.0. The summed E-state index contributed by atoms with van der Waals surface area (Å²) in [5.74, 6) is 0.200. The van der Waals surface area contributed by atoms with Crippen molar-refractivity contribution in [2.75, 3.05) is 13.1 Å². The Bertz CT molecular complexity index is 755. The van der Waals surface area contributed by atoms with Gasteiger partial charge in [0.1, 0.15) is 0 Å². The van der Waals surface area contributed by atoms with Crippen LogP contribution in [-0.4, -0.2) is 37.8 Å². The van der Waals surface area contributed by atoms with Crippen LogP contribution in [0.15, 0.2) is 29.2 Å². The maximum absolute atomic E-state index is 13.3. The van der Waals surface area contributed by atoms with E-state index < -0.39 is 10.0 Å². The predicted molar refractivity (Wildman–Crippen MR) is 125 cm³/mol. The quantitative estimate of drug-likeness (QED) is 0.679. The van der Waals surface area contributed by atoms with Gasteiger partial charge in [0.05, 0.1) is 4.90 Å². The van der Waals surface area contributed by atoms with Crippen LogP contribution in [0.1, 0.15) is 84.6 Å². The van der Waals surface area contributed by atoms with E-state index in [1.54, 1.807) is 16.4 Å². The van der Waals surface area contributed by atoms with Gasteiger partial charge >= 0.3 is 0 Å². The van der Waals surface area contributed by atoms with Crippen LogP contribution in [0.2, 0.25) is 0 Å². The van der Waals surface area contributed by atoms with Crippen molar-refractivity contribution < 1.29 is 13.2 Å². The molecule has 0 aromatic heterocycles. The van der Waals surface area contributed by atoms with Gasteiger partial charge < -0.3 is 5.32 Å². The van der Waals surface area contributed by atoms with Gasteiger partial charge in [-0.3, -0.25) is 4.79 Å².